The third-order valence-electron chi connectivity index (χ3n) is 9.28. The number of anilines is 1. The van der Waals surface area contributed by atoms with Crippen LogP contribution < -0.4 is 15.4 Å². The number of ether oxygens (including phenoxy) is 2. The second-order valence-electron chi connectivity index (χ2n) is 12.0. The molecule has 5 atom stereocenters. The minimum absolute atomic E-state index is 0.0551. The molecule has 1 spiro atoms. The molecule has 3 aromatic carbocycles. The quantitative estimate of drug-likeness (QED) is 0.311. The van der Waals surface area contributed by atoms with Crippen LogP contribution in [0.2, 0.25) is 5.02 Å². The van der Waals surface area contributed by atoms with E-state index in [0.29, 0.717) is 22.2 Å². The average Bonchev–Trinajstić information content (AvgIpc) is 3.68. The molecule has 7 rings (SSSR count). The second kappa shape index (κ2) is 11.7. The van der Waals surface area contributed by atoms with E-state index in [-0.39, 0.29) is 30.3 Å². The number of rotatable bonds is 8. The molecule has 4 aliphatic rings. The van der Waals surface area contributed by atoms with Crippen LogP contribution in [0.5, 0.6) is 11.5 Å². The average molecular weight is 612 g/mol. The van der Waals surface area contributed by atoms with E-state index in [0.717, 1.165) is 37.7 Å². The van der Waals surface area contributed by atoms with Crippen LogP contribution >= 0.6 is 11.6 Å². The molecule has 2 N–H and O–H groups in total. The van der Waals surface area contributed by atoms with Gasteiger partial charge in [-0.05, 0) is 60.9 Å². The van der Waals surface area contributed by atoms with E-state index in [1.54, 1.807) is 35.2 Å². The number of halogens is 1. The third-order valence-corrected chi connectivity index (χ3v) is 9.64. The van der Waals surface area contributed by atoms with Crippen LogP contribution in [-0.2, 0) is 25.7 Å². The number of nitrogens with zero attached hydrogens (tertiary/aromatic N) is 1. The van der Waals surface area contributed by atoms with Gasteiger partial charge in [0.05, 0.1) is 17.9 Å². The Morgan fingerprint density at radius 3 is 2.36 bits per heavy atom. The van der Waals surface area contributed by atoms with Gasteiger partial charge in [-0.3, -0.25) is 14.4 Å². The second-order valence-corrected chi connectivity index (χ2v) is 12.4. The molecule has 5 unspecified atom stereocenters. The van der Waals surface area contributed by atoms with E-state index in [4.69, 9.17) is 21.1 Å². The van der Waals surface area contributed by atoms with E-state index >= 15 is 0 Å². The van der Waals surface area contributed by atoms with Gasteiger partial charge in [0.25, 0.3) is 0 Å². The molecule has 8 nitrogen and oxygen atoms in total. The van der Waals surface area contributed by atoms with Gasteiger partial charge in [-0.2, -0.15) is 0 Å². The van der Waals surface area contributed by atoms with Gasteiger partial charge in [0.15, 0.2) is 0 Å². The molecule has 2 bridgehead atoms. The first kappa shape index (κ1) is 28.6. The summed E-state index contributed by atoms with van der Waals surface area (Å²) in [7, 11) is 0. The zero-order chi connectivity index (χ0) is 30.3. The Hall–Kier alpha value is -4.14. The van der Waals surface area contributed by atoms with Crippen molar-refractivity contribution in [1.29, 1.82) is 0 Å². The molecule has 1 aliphatic carbocycles. The van der Waals surface area contributed by atoms with Gasteiger partial charge in [-0.25, -0.2) is 0 Å². The summed E-state index contributed by atoms with van der Waals surface area (Å²) in [6.07, 6.45) is 8.14. The maximum Gasteiger partial charge on any atom is 0.246 e. The predicted octanol–water partition coefficient (Wildman–Crippen LogP) is 5.87. The fourth-order valence-corrected chi connectivity index (χ4v) is 7.43. The topological polar surface area (TPSA) is 97.0 Å². The normalized spacial score (nSPS) is 27.3. The fourth-order valence-electron chi connectivity index (χ4n) is 7.23. The van der Waals surface area contributed by atoms with E-state index in [2.05, 4.69) is 10.6 Å². The van der Waals surface area contributed by atoms with Crippen molar-refractivity contribution in [2.75, 3.05) is 5.32 Å². The fraction of sp³-hybridized carbons (Fsp3) is 0.343. The van der Waals surface area contributed by atoms with Crippen LogP contribution in [0.25, 0.3) is 0 Å². The van der Waals surface area contributed by atoms with Crippen molar-refractivity contribution in [3.63, 3.8) is 0 Å². The standard InChI is InChI=1S/C35H34ClN3O5/c36-27-14-8-7-9-22(27)21-39-31(33(41)38-23-10-3-1-4-11-23)35-20-19-28(44-35)29(30(35)34(39)42)32(40)37-24-15-17-26(18-16-24)43-25-12-5-2-6-13-25/h2,5-9,12-20,23,28-31H,1,3-4,10-11,21H2,(H,37,40)(H,38,41). The number of likely N-dealkylation sites (tertiary alicyclic amines) is 1. The zero-order valence-electron chi connectivity index (χ0n) is 24.2. The smallest absolute Gasteiger partial charge is 0.246 e. The van der Waals surface area contributed by atoms with Gasteiger partial charge in [-0.15, -0.1) is 0 Å². The summed E-state index contributed by atoms with van der Waals surface area (Å²) in [4.78, 5) is 43.7. The Balaban J connectivity index is 1.14. The van der Waals surface area contributed by atoms with Crippen LogP contribution in [0.1, 0.15) is 37.7 Å². The lowest BCUT2D eigenvalue weighted by molar-refractivity contribution is -0.142. The Kier molecular flexibility index (Phi) is 7.64. The summed E-state index contributed by atoms with van der Waals surface area (Å²) >= 11 is 6.50. The van der Waals surface area contributed by atoms with E-state index < -0.39 is 29.6 Å². The van der Waals surface area contributed by atoms with Crippen molar-refractivity contribution >= 4 is 35.0 Å². The van der Waals surface area contributed by atoms with Crippen molar-refractivity contribution < 1.29 is 23.9 Å². The van der Waals surface area contributed by atoms with Gasteiger partial charge >= 0.3 is 0 Å². The molecule has 0 aromatic heterocycles. The SMILES string of the molecule is O=C(Nc1ccc(Oc2ccccc2)cc1)C1C2C=CC3(O2)C1C(=O)N(Cc1ccccc1Cl)C3C(=O)NC1CCCCC1. The first-order valence-corrected chi connectivity index (χ1v) is 15.7. The number of hydrogen-bond acceptors (Lipinski definition) is 5. The van der Waals surface area contributed by atoms with Crippen molar-refractivity contribution in [1.82, 2.24) is 10.2 Å². The molecule has 3 fully saturated rings. The highest BCUT2D eigenvalue weighted by Gasteiger charge is 2.72. The highest BCUT2D eigenvalue weighted by atomic mass is 35.5. The van der Waals surface area contributed by atoms with Crippen molar-refractivity contribution in [2.45, 2.75) is 62.4 Å². The summed E-state index contributed by atoms with van der Waals surface area (Å²) in [5, 5.41) is 6.70. The van der Waals surface area contributed by atoms with Crippen molar-refractivity contribution in [2.24, 2.45) is 11.8 Å². The zero-order valence-corrected chi connectivity index (χ0v) is 24.9. The van der Waals surface area contributed by atoms with Gasteiger partial charge < -0.3 is 25.0 Å². The number of amides is 3. The molecule has 2 saturated heterocycles. The number of fused-ring (bicyclic) bond motifs is 1. The Labute approximate surface area is 261 Å². The Bertz CT molecular complexity index is 1590. The summed E-state index contributed by atoms with van der Waals surface area (Å²) in [6.45, 7) is 0.137. The first-order chi connectivity index (χ1) is 21.4. The van der Waals surface area contributed by atoms with Crippen LogP contribution in [0.15, 0.2) is 91.0 Å². The lowest BCUT2D eigenvalue weighted by atomic mass is 9.74. The summed E-state index contributed by atoms with van der Waals surface area (Å²) in [5.74, 6) is -1.16. The number of carbonyl (C=O) groups is 3. The van der Waals surface area contributed by atoms with Crippen molar-refractivity contribution in [3.8, 4) is 11.5 Å². The van der Waals surface area contributed by atoms with Crippen LogP contribution in [0.4, 0.5) is 5.69 Å². The van der Waals surface area contributed by atoms with Gasteiger partial charge in [0.2, 0.25) is 17.7 Å². The molecule has 3 amide bonds. The lowest BCUT2D eigenvalue weighted by Crippen LogP contribution is -2.56. The first-order valence-electron chi connectivity index (χ1n) is 15.3. The summed E-state index contributed by atoms with van der Waals surface area (Å²) < 4.78 is 12.4. The highest BCUT2D eigenvalue weighted by Crippen LogP contribution is 2.55. The molecular weight excluding hydrogens is 578 g/mol. The van der Waals surface area contributed by atoms with E-state index in [9.17, 15) is 14.4 Å². The molecule has 44 heavy (non-hydrogen) atoms. The Morgan fingerprint density at radius 2 is 1.61 bits per heavy atom. The number of carbonyl (C=O) groups excluding carboxylic acids is 3. The number of para-hydroxylation sites is 1. The molecule has 3 aromatic rings. The molecule has 1 saturated carbocycles. The number of nitrogens with one attached hydrogen (secondary N) is 2. The Morgan fingerprint density at radius 1 is 0.909 bits per heavy atom. The van der Waals surface area contributed by atoms with Crippen LogP contribution in [0.3, 0.4) is 0 Å². The van der Waals surface area contributed by atoms with Crippen LogP contribution in [-0.4, -0.2) is 46.4 Å². The molecule has 0 radical (unpaired) electrons. The minimum Gasteiger partial charge on any atom is -0.457 e. The number of hydrogen-bond donors (Lipinski definition) is 2. The van der Waals surface area contributed by atoms with Gasteiger partial charge in [0, 0.05) is 23.3 Å². The molecule has 9 heteroatoms. The summed E-state index contributed by atoms with van der Waals surface area (Å²) in [5.41, 5.74) is 0.0600. The van der Waals surface area contributed by atoms with E-state index in [1.807, 2.05) is 60.7 Å². The highest BCUT2D eigenvalue weighted by molar-refractivity contribution is 6.31. The van der Waals surface area contributed by atoms with Crippen LogP contribution in [0, 0.1) is 11.8 Å². The molecule has 3 aliphatic heterocycles. The third kappa shape index (κ3) is 5.16. The molecule has 3 heterocycles. The van der Waals surface area contributed by atoms with Crippen molar-refractivity contribution in [3.05, 3.63) is 102 Å². The maximum atomic E-state index is 14.3. The molecular formula is C35H34ClN3O5. The van der Waals surface area contributed by atoms with E-state index in [1.165, 1.54) is 0 Å². The number of benzene rings is 3. The van der Waals surface area contributed by atoms with Gasteiger partial charge in [-0.1, -0.05) is 79.4 Å². The predicted molar refractivity (Wildman–Crippen MR) is 166 cm³/mol. The maximum absolute atomic E-state index is 14.3. The molecule has 226 valence electrons. The lowest BCUT2D eigenvalue weighted by Gasteiger charge is -2.34. The largest absolute Gasteiger partial charge is 0.457 e. The minimum atomic E-state index is -1.24. The summed E-state index contributed by atoms with van der Waals surface area (Å²) in [6, 6.07) is 22.9. The monoisotopic (exact) mass is 611 g/mol. The van der Waals surface area contributed by atoms with Gasteiger partial charge in [0.1, 0.15) is 23.1 Å².